The first-order valence-electron chi connectivity index (χ1n) is 5.91. The van der Waals surface area contributed by atoms with Gasteiger partial charge in [-0.25, -0.2) is 17.1 Å². The smallest absolute Gasteiger partial charge is 0.244 e. The number of anilines is 1. The number of sulfonamides is 1. The van der Waals surface area contributed by atoms with Crippen LogP contribution in [0.4, 0.5) is 10.1 Å². The molecule has 0 aliphatic rings. The van der Waals surface area contributed by atoms with Gasteiger partial charge < -0.3 is 5.73 Å². The van der Waals surface area contributed by atoms with Crippen molar-refractivity contribution in [3.8, 4) is 0 Å². The maximum Gasteiger partial charge on any atom is 0.244 e. The van der Waals surface area contributed by atoms with Gasteiger partial charge in [0.05, 0.1) is 10.6 Å². The van der Waals surface area contributed by atoms with Crippen molar-refractivity contribution < 1.29 is 12.8 Å². The summed E-state index contributed by atoms with van der Waals surface area (Å²) in [6.45, 7) is 4.37. The van der Waals surface area contributed by atoms with Crippen molar-refractivity contribution in [2.24, 2.45) is 5.92 Å². The molecule has 0 aliphatic heterocycles. The Kier molecular flexibility index (Phi) is 5.34. The fourth-order valence-electron chi connectivity index (χ4n) is 1.58. The molecule has 0 aromatic heterocycles. The van der Waals surface area contributed by atoms with Crippen molar-refractivity contribution in [2.45, 2.75) is 25.2 Å². The van der Waals surface area contributed by atoms with Gasteiger partial charge in [0.25, 0.3) is 0 Å². The molecule has 0 aliphatic carbocycles. The average molecular weight is 353 g/mol. The molecule has 0 heterocycles. The Morgan fingerprint density at radius 1 is 1.47 bits per heavy atom. The van der Waals surface area contributed by atoms with Crippen molar-refractivity contribution in [3.05, 3.63) is 22.4 Å². The van der Waals surface area contributed by atoms with Gasteiger partial charge in [-0.15, -0.1) is 0 Å². The first-order chi connectivity index (χ1) is 8.70. The summed E-state index contributed by atoms with van der Waals surface area (Å²) >= 11 is 3.07. The van der Waals surface area contributed by atoms with E-state index >= 15 is 0 Å². The lowest BCUT2D eigenvalue weighted by Crippen LogP contribution is -2.31. The highest BCUT2D eigenvalue weighted by Gasteiger charge is 2.25. The number of benzene rings is 1. The highest BCUT2D eigenvalue weighted by atomic mass is 79.9. The van der Waals surface area contributed by atoms with Crippen LogP contribution < -0.4 is 5.73 Å². The minimum atomic E-state index is -3.67. The molecule has 1 rings (SSSR count). The quantitative estimate of drug-likeness (QED) is 0.828. The Hall–Kier alpha value is -0.660. The van der Waals surface area contributed by atoms with E-state index in [1.165, 1.54) is 11.4 Å². The zero-order chi connectivity index (χ0) is 14.8. The van der Waals surface area contributed by atoms with Gasteiger partial charge in [0.1, 0.15) is 5.82 Å². The van der Waals surface area contributed by atoms with Crippen LogP contribution in [0, 0.1) is 11.7 Å². The molecule has 1 unspecified atom stereocenters. The third kappa shape index (κ3) is 3.67. The third-order valence-electron chi connectivity index (χ3n) is 3.01. The molecule has 1 aromatic carbocycles. The summed E-state index contributed by atoms with van der Waals surface area (Å²) < 4.78 is 39.5. The SMILES string of the molecule is CCC(C)CN(C)S(=O)(=O)c1cc(N)c(F)cc1Br. The number of nitrogens with two attached hydrogens (primary N) is 1. The molecule has 1 atom stereocenters. The second-order valence-electron chi connectivity index (χ2n) is 4.60. The molecule has 108 valence electrons. The van der Waals surface area contributed by atoms with E-state index in [0.29, 0.717) is 6.54 Å². The minimum absolute atomic E-state index is 0.0165. The van der Waals surface area contributed by atoms with Gasteiger partial charge in [-0.3, -0.25) is 0 Å². The van der Waals surface area contributed by atoms with Crippen LogP contribution in [-0.2, 0) is 10.0 Å². The van der Waals surface area contributed by atoms with Crippen LogP contribution in [0.25, 0.3) is 0 Å². The Balaban J connectivity index is 3.17. The lowest BCUT2D eigenvalue weighted by molar-refractivity contribution is 0.393. The van der Waals surface area contributed by atoms with E-state index in [4.69, 9.17) is 5.73 Å². The van der Waals surface area contributed by atoms with Gasteiger partial charge in [0.15, 0.2) is 0 Å². The van der Waals surface area contributed by atoms with Crippen molar-refractivity contribution in [2.75, 3.05) is 19.3 Å². The normalized spacial score (nSPS) is 13.8. The van der Waals surface area contributed by atoms with Crippen molar-refractivity contribution in [1.82, 2.24) is 4.31 Å². The number of rotatable bonds is 5. The van der Waals surface area contributed by atoms with E-state index in [1.807, 2.05) is 13.8 Å². The van der Waals surface area contributed by atoms with Crippen LogP contribution in [0.15, 0.2) is 21.5 Å². The summed E-state index contributed by atoms with van der Waals surface area (Å²) in [5.74, 6) is -0.397. The molecule has 0 fully saturated rings. The van der Waals surface area contributed by atoms with Gasteiger partial charge in [0, 0.05) is 18.1 Å². The van der Waals surface area contributed by atoms with Gasteiger partial charge in [0.2, 0.25) is 10.0 Å². The number of halogens is 2. The lowest BCUT2D eigenvalue weighted by atomic mass is 10.1. The largest absolute Gasteiger partial charge is 0.396 e. The number of nitrogens with zero attached hydrogens (tertiary/aromatic N) is 1. The van der Waals surface area contributed by atoms with E-state index < -0.39 is 15.8 Å². The topological polar surface area (TPSA) is 63.4 Å². The predicted molar refractivity (Wildman–Crippen MR) is 77.8 cm³/mol. The van der Waals surface area contributed by atoms with E-state index in [1.54, 1.807) is 0 Å². The van der Waals surface area contributed by atoms with Crippen molar-refractivity contribution >= 4 is 31.6 Å². The van der Waals surface area contributed by atoms with E-state index in [0.717, 1.165) is 18.6 Å². The molecule has 0 radical (unpaired) electrons. The van der Waals surface area contributed by atoms with Gasteiger partial charge in [-0.05, 0) is 34.0 Å². The van der Waals surface area contributed by atoms with Crippen molar-refractivity contribution in [1.29, 1.82) is 0 Å². The fourth-order valence-corrected chi connectivity index (χ4v) is 3.87. The number of nitrogen functional groups attached to an aromatic ring is 1. The second-order valence-corrected chi connectivity index (χ2v) is 7.47. The molecular weight excluding hydrogens is 335 g/mol. The minimum Gasteiger partial charge on any atom is -0.396 e. The molecule has 0 amide bonds. The zero-order valence-electron chi connectivity index (χ0n) is 11.2. The van der Waals surface area contributed by atoms with E-state index in [2.05, 4.69) is 15.9 Å². The third-order valence-corrected chi connectivity index (χ3v) is 5.79. The Morgan fingerprint density at radius 3 is 2.58 bits per heavy atom. The summed E-state index contributed by atoms with van der Waals surface area (Å²) in [4.78, 5) is -0.0165. The van der Waals surface area contributed by atoms with Gasteiger partial charge in [-0.1, -0.05) is 20.3 Å². The first-order valence-corrected chi connectivity index (χ1v) is 8.14. The molecular formula is C12H18BrFN2O2S. The van der Waals surface area contributed by atoms with Gasteiger partial charge >= 0.3 is 0 Å². The Bertz CT molecular complexity index is 563. The summed E-state index contributed by atoms with van der Waals surface area (Å²) in [6.07, 6.45) is 0.882. The fraction of sp³-hybridized carbons (Fsp3) is 0.500. The summed E-state index contributed by atoms with van der Waals surface area (Å²) in [5, 5.41) is 0. The first kappa shape index (κ1) is 16.4. The predicted octanol–water partition coefficient (Wildman–Crippen LogP) is 2.84. The maximum absolute atomic E-state index is 13.3. The molecule has 2 N–H and O–H groups in total. The van der Waals surface area contributed by atoms with Gasteiger partial charge in [-0.2, -0.15) is 0 Å². The molecule has 19 heavy (non-hydrogen) atoms. The highest BCUT2D eigenvalue weighted by molar-refractivity contribution is 9.10. The van der Waals surface area contributed by atoms with E-state index in [9.17, 15) is 12.8 Å². The molecule has 4 nitrogen and oxygen atoms in total. The summed E-state index contributed by atoms with van der Waals surface area (Å²) in [7, 11) is -2.17. The van der Waals surface area contributed by atoms with Crippen LogP contribution in [0.1, 0.15) is 20.3 Å². The van der Waals surface area contributed by atoms with Crippen LogP contribution in [0.2, 0.25) is 0 Å². The molecule has 0 bridgehead atoms. The standard InChI is InChI=1S/C12H18BrFN2O2S/c1-4-8(2)7-16(3)19(17,18)12-6-11(15)10(14)5-9(12)13/h5-6,8H,4,7,15H2,1-3H3. The van der Waals surface area contributed by atoms with Crippen LogP contribution in [0.3, 0.4) is 0 Å². The summed E-state index contributed by atoms with van der Waals surface area (Å²) in [5.41, 5.74) is 5.25. The van der Waals surface area contributed by atoms with E-state index in [-0.39, 0.29) is 21.0 Å². The molecule has 0 saturated carbocycles. The Labute approximate surface area is 122 Å². The zero-order valence-corrected chi connectivity index (χ0v) is 13.6. The highest BCUT2D eigenvalue weighted by Crippen LogP contribution is 2.29. The lowest BCUT2D eigenvalue weighted by Gasteiger charge is -2.21. The van der Waals surface area contributed by atoms with Crippen LogP contribution >= 0.6 is 15.9 Å². The average Bonchev–Trinajstić information content (AvgIpc) is 2.33. The molecule has 0 saturated heterocycles. The summed E-state index contributed by atoms with van der Waals surface area (Å²) in [6, 6.07) is 2.21. The Morgan fingerprint density at radius 2 is 2.05 bits per heavy atom. The van der Waals surface area contributed by atoms with Crippen molar-refractivity contribution in [3.63, 3.8) is 0 Å². The monoisotopic (exact) mass is 352 g/mol. The second kappa shape index (κ2) is 6.19. The van der Waals surface area contributed by atoms with Crippen LogP contribution in [-0.4, -0.2) is 26.3 Å². The number of hydrogen-bond acceptors (Lipinski definition) is 3. The maximum atomic E-state index is 13.3. The molecule has 1 aromatic rings. The molecule has 7 heteroatoms. The number of hydrogen-bond donors (Lipinski definition) is 1. The van der Waals surface area contributed by atoms with Crippen LogP contribution in [0.5, 0.6) is 0 Å². The molecule has 0 spiro atoms.